The molecule has 2 N–H and O–H groups in total. The SMILES string of the molecule is CC(C)(N)C1(c2cccc(C3CC3)c2)CC1. The summed E-state index contributed by atoms with van der Waals surface area (Å²) in [7, 11) is 0. The van der Waals surface area contributed by atoms with Crippen LogP contribution in [0.4, 0.5) is 0 Å². The topological polar surface area (TPSA) is 26.0 Å². The van der Waals surface area contributed by atoms with E-state index in [1.807, 2.05) is 0 Å². The van der Waals surface area contributed by atoms with E-state index in [4.69, 9.17) is 5.73 Å². The van der Waals surface area contributed by atoms with Crippen LogP contribution in [0.15, 0.2) is 24.3 Å². The largest absolute Gasteiger partial charge is 0.325 e. The molecule has 0 aromatic heterocycles. The van der Waals surface area contributed by atoms with Gasteiger partial charge in [-0.1, -0.05) is 24.3 Å². The zero-order valence-electron chi connectivity index (χ0n) is 10.3. The molecule has 2 saturated carbocycles. The molecule has 0 bridgehead atoms. The summed E-state index contributed by atoms with van der Waals surface area (Å²) < 4.78 is 0. The van der Waals surface area contributed by atoms with Crippen molar-refractivity contribution in [2.45, 2.75) is 56.4 Å². The molecule has 16 heavy (non-hydrogen) atoms. The lowest BCUT2D eigenvalue weighted by Crippen LogP contribution is -2.45. The van der Waals surface area contributed by atoms with Crippen molar-refractivity contribution in [3.8, 4) is 0 Å². The molecule has 1 heteroatoms. The van der Waals surface area contributed by atoms with Crippen molar-refractivity contribution in [3.63, 3.8) is 0 Å². The maximum atomic E-state index is 6.35. The Morgan fingerprint density at radius 1 is 1.25 bits per heavy atom. The summed E-state index contributed by atoms with van der Waals surface area (Å²) in [5, 5.41) is 0. The van der Waals surface area contributed by atoms with Crippen LogP contribution in [-0.4, -0.2) is 5.54 Å². The van der Waals surface area contributed by atoms with Crippen LogP contribution in [0.5, 0.6) is 0 Å². The van der Waals surface area contributed by atoms with Gasteiger partial charge in [0.1, 0.15) is 0 Å². The molecule has 3 rings (SSSR count). The van der Waals surface area contributed by atoms with Crippen LogP contribution in [-0.2, 0) is 5.41 Å². The highest BCUT2D eigenvalue weighted by atomic mass is 14.8. The lowest BCUT2D eigenvalue weighted by molar-refractivity contribution is 0.391. The Bertz CT molecular complexity index is 406. The van der Waals surface area contributed by atoms with Crippen molar-refractivity contribution in [2.75, 3.05) is 0 Å². The van der Waals surface area contributed by atoms with E-state index < -0.39 is 0 Å². The number of nitrogens with two attached hydrogens (primary N) is 1. The second-order valence-electron chi connectivity index (χ2n) is 6.20. The molecule has 0 heterocycles. The molecular formula is C15H21N. The van der Waals surface area contributed by atoms with Gasteiger partial charge >= 0.3 is 0 Å². The van der Waals surface area contributed by atoms with Crippen LogP contribution in [0.2, 0.25) is 0 Å². The van der Waals surface area contributed by atoms with E-state index in [2.05, 4.69) is 38.1 Å². The quantitative estimate of drug-likeness (QED) is 0.822. The predicted octanol–water partition coefficient (Wildman–Crippen LogP) is 3.33. The number of hydrogen-bond acceptors (Lipinski definition) is 1. The Kier molecular flexibility index (Phi) is 2.00. The molecule has 1 aromatic rings. The minimum Gasteiger partial charge on any atom is -0.325 e. The molecule has 1 nitrogen and oxygen atoms in total. The van der Waals surface area contributed by atoms with Crippen molar-refractivity contribution < 1.29 is 0 Å². The van der Waals surface area contributed by atoms with Gasteiger partial charge in [0.2, 0.25) is 0 Å². The number of benzene rings is 1. The van der Waals surface area contributed by atoms with Gasteiger partial charge in [-0.2, -0.15) is 0 Å². The normalized spacial score (nSPS) is 23.2. The maximum Gasteiger partial charge on any atom is 0.0195 e. The van der Waals surface area contributed by atoms with Crippen molar-refractivity contribution in [2.24, 2.45) is 5.73 Å². The van der Waals surface area contributed by atoms with Crippen LogP contribution >= 0.6 is 0 Å². The third-order valence-corrected chi connectivity index (χ3v) is 4.47. The summed E-state index contributed by atoms with van der Waals surface area (Å²) in [5.41, 5.74) is 9.53. The second kappa shape index (κ2) is 3.10. The third-order valence-electron chi connectivity index (χ3n) is 4.47. The molecule has 2 aliphatic rings. The minimum absolute atomic E-state index is 0.0881. The molecular weight excluding hydrogens is 194 g/mol. The van der Waals surface area contributed by atoms with Crippen molar-refractivity contribution in [1.82, 2.24) is 0 Å². The fourth-order valence-corrected chi connectivity index (χ4v) is 2.94. The van der Waals surface area contributed by atoms with Crippen LogP contribution in [0.1, 0.15) is 56.6 Å². The smallest absolute Gasteiger partial charge is 0.0195 e. The fraction of sp³-hybridized carbons (Fsp3) is 0.600. The van der Waals surface area contributed by atoms with E-state index in [-0.39, 0.29) is 11.0 Å². The number of rotatable bonds is 3. The average Bonchev–Trinajstić information content (AvgIpc) is 3.10. The summed E-state index contributed by atoms with van der Waals surface area (Å²) in [4.78, 5) is 0. The summed E-state index contributed by atoms with van der Waals surface area (Å²) in [6.45, 7) is 4.34. The first-order valence-corrected chi connectivity index (χ1v) is 6.42. The van der Waals surface area contributed by atoms with Crippen molar-refractivity contribution in [1.29, 1.82) is 0 Å². The molecule has 0 radical (unpaired) electrons. The van der Waals surface area contributed by atoms with Crippen LogP contribution in [0, 0.1) is 0 Å². The van der Waals surface area contributed by atoms with Gasteiger partial charge in [0, 0.05) is 11.0 Å². The Hall–Kier alpha value is -0.820. The molecule has 2 aliphatic carbocycles. The Labute approximate surface area is 98.0 Å². The second-order valence-corrected chi connectivity index (χ2v) is 6.20. The molecule has 0 amide bonds. The van der Waals surface area contributed by atoms with E-state index in [0.717, 1.165) is 5.92 Å². The molecule has 86 valence electrons. The number of hydrogen-bond donors (Lipinski definition) is 1. The first-order valence-electron chi connectivity index (χ1n) is 6.42. The molecule has 0 spiro atoms. The van der Waals surface area contributed by atoms with E-state index >= 15 is 0 Å². The zero-order chi connectivity index (χ0) is 11.4. The standard InChI is InChI=1S/C15H21N/c1-14(2,16)15(8-9-15)13-5-3-4-12(10-13)11-6-7-11/h3-5,10-11H,6-9,16H2,1-2H3. The van der Waals surface area contributed by atoms with E-state index in [9.17, 15) is 0 Å². The lowest BCUT2D eigenvalue weighted by Gasteiger charge is -2.31. The molecule has 1 aromatic carbocycles. The highest BCUT2D eigenvalue weighted by molar-refractivity contribution is 5.40. The van der Waals surface area contributed by atoms with Crippen molar-refractivity contribution >= 4 is 0 Å². The molecule has 2 fully saturated rings. The van der Waals surface area contributed by atoms with Crippen LogP contribution in [0.3, 0.4) is 0 Å². The molecule has 0 aliphatic heterocycles. The zero-order valence-corrected chi connectivity index (χ0v) is 10.3. The minimum atomic E-state index is -0.0881. The van der Waals surface area contributed by atoms with Gasteiger partial charge in [-0.3, -0.25) is 0 Å². The van der Waals surface area contributed by atoms with Gasteiger partial charge in [-0.15, -0.1) is 0 Å². The predicted molar refractivity (Wildman–Crippen MR) is 67.6 cm³/mol. The van der Waals surface area contributed by atoms with E-state index in [1.54, 1.807) is 0 Å². The fourth-order valence-electron chi connectivity index (χ4n) is 2.94. The Balaban J connectivity index is 1.97. The van der Waals surface area contributed by atoms with Gasteiger partial charge < -0.3 is 5.73 Å². The summed E-state index contributed by atoms with van der Waals surface area (Å²) >= 11 is 0. The third kappa shape index (κ3) is 1.49. The summed E-state index contributed by atoms with van der Waals surface area (Å²) in [5.74, 6) is 0.844. The average molecular weight is 215 g/mol. The van der Waals surface area contributed by atoms with Gasteiger partial charge in [-0.25, -0.2) is 0 Å². The van der Waals surface area contributed by atoms with Gasteiger partial charge in [-0.05, 0) is 56.6 Å². The Morgan fingerprint density at radius 2 is 1.94 bits per heavy atom. The maximum absolute atomic E-state index is 6.35. The summed E-state index contributed by atoms with van der Waals surface area (Å²) in [6.07, 6.45) is 5.26. The van der Waals surface area contributed by atoms with Crippen molar-refractivity contribution in [3.05, 3.63) is 35.4 Å². The van der Waals surface area contributed by atoms with E-state index in [0.29, 0.717) is 0 Å². The van der Waals surface area contributed by atoms with Crippen LogP contribution < -0.4 is 5.73 Å². The van der Waals surface area contributed by atoms with Gasteiger partial charge in [0.05, 0.1) is 0 Å². The van der Waals surface area contributed by atoms with Crippen LogP contribution in [0.25, 0.3) is 0 Å². The van der Waals surface area contributed by atoms with E-state index in [1.165, 1.54) is 36.8 Å². The molecule has 0 atom stereocenters. The first kappa shape index (κ1) is 10.3. The van der Waals surface area contributed by atoms with Gasteiger partial charge in [0.15, 0.2) is 0 Å². The molecule has 0 saturated heterocycles. The highest BCUT2D eigenvalue weighted by Crippen LogP contribution is 2.55. The first-order chi connectivity index (χ1) is 7.53. The highest BCUT2D eigenvalue weighted by Gasteiger charge is 2.53. The summed E-state index contributed by atoms with van der Waals surface area (Å²) in [6, 6.07) is 9.18. The lowest BCUT2D eigenvalue weighted by atomic mass is 9.78. The van der Waals surface area contributed by atoms with Gasteiger partial charge in [0.25, 0.3) is 0 Å². The monoisotopic (exact) mass is 215 g/mol. The Morgan fingerprint density at radius 3 is 2.44 bits per heavy atom. The molecule has 0 unspecified atom stereocenters.